The maximum absolute atomic E-state index is 12.9. The number of aromatic hydroxyl groups is 1. The van der Waals surface area contributed by atoms with Crippen molar-refractivity contribution in [2.24, 2.45) is 5.73 Å². The molecular formula is C8H10BrClFNO. The zero-order valence-electron chi connectivity index (χ0n) is 6.92. The van der Waals surface area contributed by atoms with Crippen molar-refractivity contribution in [3.8, 4) is 5.75 Å². The molecule has 0 bridgehead atoms. The molecule has 5 heteroatoms. The lowest BCUT2D eigenvalue weighted by Gasteiger charge is -2.09. The van der Waals surface area contributed by atoms with Gasteiger partial charge in [0.25, 0.3) is 0 Å². The van der Waals surface area contributed by atoms with Crippen molar-refractivity contribution >= 4 is 28.3 Å². The second-order valence-corrected chi connectivity index (χ2v) is 3.53. The van der Waals surface area contributed by atoms with E-state index in [0.29, 0.717) is 10.0 Å². The molecule has 0 aliphatic carbocycles. The largest absolute Gasteiger partial charge is 0.505 e. The minimum Gasteiger partial charge on any atom is -0.505 e. The molecule has 1 rings (SSSR count). The van der Waals surface area contributed by atoms with E-state index in [2.05, 4.69) is 15.9 Å². The highest BCUT2D eigenvalue weighted by Gasteiger charge is 2.11. The van der Waals surface area contributed by atoms with Crippen molar-refractivity contribution in [3.63, 3.8) is 0 Å². The fourth-order valence-electron chi connectivity index (χ4n) is 0.933. The molecule has 1 atom stereocenters. The summed E-state index contributed by atoms with van der Waals surface area (Å²) in [4.78, 5) is 0. The van der Waals surface area contributed by atoms with E-state index >= 15 is 0 Å². The number of rotatable bonds is 1. The molecule has 0 fully saturated rings. The van der Waals surface area contributed by atoms with Gasteiger partial charge in [-0.25, -0.2) is 4.39 Å². The van der Waals surface area contributed by atoms with E-state index in [0.717, 1.165) is 0 Å². The summed E-state index contributed by atoms with van der Waals surface area (Å²) in [7, 11) is 0. The molecule has 1 aromatic rings. The highest BCUT2D eigenvalue weighted by Crippen LogP contribution is 2.29. The lowest BCUT2D eigenvalue weighted by atomic mass is 10.1. The van der Waals surface area contributed by atoms with Gasteiger partial charge >= 0.3 is 0 Å². The number of nitrogens with two attached hydrogens (primary N) is 1. The van der Waals surface area contributed by atoms with Crippen LogP contribution in [-0.4, -0.2) is 5.11 Å². The molecular weight excluding hydrogens is 260 g/mol. The van der Waals surface area contributed by atoms with Gasteiger partial charge in [0.05, 0.1) is 0 Å². The predicted octanol–water partition coefficient (Wildman–Crippen LogP) is 2.74. The minimum atomic E-state index is -0.656. The maximum Gasteiger partial charge on any atom is 0.166 e. The third-order valence-electron chi connectivity index (χ3n) is 1.55. The van der Waals surface area contributed by atoms with Crippen LogP contribution in [0.1, 0.15) is 18.5 Å². The summed E-state index contributed by atoms with van der Waals surface area (Å²) in [5.41, 5.74) is 5.91. The quantitative estimate of drug-likeness (QED) is 0.824. The van der Waals surface area contributed by atoms with Gasteiger partial charge in [0.2, 0.25) is 0 Å². The molecule has 0 heterocycles. The van der Waals surface area contributed by atoms with Gasteiger partial charge in [-0.3, -0.25) is 0 Å². The Morgan fingerprint density at radius 1 is 1.54 bits per heavy atom. The fourth-order valence-corrected chi connectivity index (χ4v) is 1.38. The molecule has 0 amide bonds. The zero-order valence-corrected chi connectivity index (χ0v) is 9.32. The van der Waals surface area contributed by atoms with Gasteiger partial charge in [-0.15, -0.1) is 12.4 Å². The number of phenols is 1. The Balaban J connectivity index is 0.00000144. The average molecular weight is 271 g/mol. The summed E-state index contributed by atoms with van der Waals surface area (Å²) in [5, 5.41) is 9.22. The van der Waals surface area contributed by atoms with E-state index < -0.39 is 5.82 Å². The lowest BCUT2D eigenvalue weighted by molar-refractivity contribution is 0.422. The first-order chi connectivity index (χ1) is 5.52. The highest BCUT2D eigenvalue weighted by atomic mass is 79.9. The number of hydrogen-bond acceptors (Lipinski definition) is 2. The Labute approximate surface area is 90.5 Å². The van der Waals surface area contributed by atoms with Crippen molar-refractivity contribution in [2.45, 2.75) is 13.0 Å². The van der Waals surface area contributed by atoms with Gasteiger partial charge < -0.3 is 10.8 Å². The van der Waals surface area contributed by atoms with Crippen LogP contribution in [0.2, 0.25) is 0 Å². The molecule has 0 aliphatic heterocycles. The summed E-state index contributed by atoms with van der Waals surface area (Å²) in [6, 6.07) is 2.42. The summed E-state index contributed by atoms with van der Waals surface area (Å²) in [5.74, 6) is -1.02. The first-order valence-electron chi connectivity index (χ1n) is 3.46. The average Bonchev–Trinajstić information content (AvgIpc) is 1.96. The van der Waals surface area contributed by atoms with Crippen LogP contribution in [0.5, 0.6) is 5.75 Å². The standard InChI is InChI=1S/C8H9BrFNO.ClH/c1-4(11)6-2-5(9)3-7(10)8(6)12;/h2-4,12H,11H2,1H3;1H/t4-;/m1./s1. The first kappa shape index (κ1) is 12.7. The van der Waals surface area contributed by atoms with Crippen LogP contribution in [0.3, 0.4) is 0 Å². The molecule has 0 aliphatic rings. The van der Waals surface area contributed by atoms with Crippen molar-refractivity contribution in [3.05, 3.63) is 28.0 Å². The summed E-state index contributed by atoms with van der Waals surface area (Å²) in [6.07, 6.45) is 0. The second kappa shape index (κ2) is 4.79. The van der Waals surface area contributed by atoms with E-state index in [-0.39, 0.29) is 24.2 Å². The maximum atomic E-state index is 12.9. The van der Waals surface area contributed by atoms with Crippen molar-refractivity contribution < 1.29 is 9.50 Å². The molecule has 0 radical (unpaired) electrons. The van der Waals surface area contributed by atoms with Crippen molar-refractivity contribution in [2.75, 3.05) is 0 Å². The van der Waals surface area contributed by atoms with E-state index in [1.165, 1.54) is 6.07 Å². The molecule has 74 valence electrons. The van der Waals surface area contributed by atoms with Gasteiger partial charge in [0, 0.05) is 16.1 Å². The Morgan fingerprint density at radius 2 is 2.08 bits per heavy atom. The van der Waals surface area contributed by atoms with E-state index in [9.17, 15) is 9.50 Å². The number of halogens is 3. The zero-order chi connectivity index (χ0) is 9.30. The van der Waals surface area contributed by atoms with Crippen molar-refractivity contribution in [1.29, 1.82) is 0 Å². The van der Waals surface area contributed by atoms with Crippen LogP contribution in [0.15, 0.2) is 16.6 Å². The van der Waals surface area contributed by atoms with E-state index in [1.807, 2.05) is 0 Å². The number of hydrogen-bond donors (Lipinski definition) is 2. The Bertz CT molecular complexity index is 306. The van der Waals surface area contributed by atoms with Gasteiger partial charge in [-0.1, -0.05) is 15.9 Å². The Morgan fingerprint density at radius 3 is 2.54 bits per heavy atom. The smallest absolute Gasteiger partial charge is 0.166 e. The summed E-state index contributed by atoms with van der Waals surface area (Å²) in [6.45, 7) is 1.68. The third-order valence-corrected chi connectivity index (χ3v) is 2.01. The number of benzene rings is 1. The predicted molar refractivity (Wildman–Crippen MR) is 55.6 cm³/mol. The summed E-state index contributed by atoms with van der Waals surface area (Å²) < 4.78 is 13.4. The van der Waals surface area contributed by atoms with E-state index in [4.69, 9.17) is 5.73 Å². The molecule has 2 nitrogen and oxygen atoms in total. The minimum absolute atomic E-state index is 0. The Hall–Kier alpha value is -0.320. The van der Waals surface area contributed by atoms with Crippen LogP contribution in [0.4, 0.5) is 4.39 Å². The molecule has 0 spiro atoms. The molecule has 0 saturated carbocycles. The molecule has 0 aromatic heterocycles. The normalized spacial score (nSPS) is 12.0. The van der Waals surface area contributed by atoms with Gasteiger partial charge in [0.15, 0.2) is 11.6 Å². The van der Waals surface area contributed by atoms with Gasteiger partial charge in [-0.2, -0.15) is 0 Å². The van der Waals surface area contributed by atoms with Crippen LogP contribution >= 0.6 is 28.3 Å². The fraction of sp³-hybridized carbons (Fsp3) is 0.250. The first-order valence-corrected chi connectivity index (χ1v) is 4.25. The molecule has 3 N–H and O–H groups in total. The van der Waals surface area contributed by atoms with Gasteiger partial charge in [0.1, 0.15) is 0 Å². The van der Waals surface area contributed by atoms with E-state index in [1.54, 1.807) is 13.0 Å². The Kier molecular flexibility index (Phi) is 4.67. The van der Waals surface area contributed by atoms with Crippen LogP contribution in [-0.2, 0) is 0 Å². The third kappa shape index (κ3) is 2.83. The highest BCUT2D eigenvalue weighted by molar-refractivity contribution is 9.10. The van der Waals surface area contributed by atoms with Crippen LogP contribution < -0.4 is 5.73 Å². The molecule has 0 saturated heterocycles. The van der Waals surface area contributed by atoms with Crippen LogP contribution in [0, 0.1) is 5.82 Å². The molecule has 1 aromatic carbocycles. The molecule has 0 unspecified atom stereocenters. The van der Waals surface area contributed by atoms with Crippen LogP contribution in [0.25, 0.3) is 0 Å². The van der Waals surface area contributed by atoms with Crippen molar-refractivity contribution in [1.82, 2.24) is 0 Å². The van der Waals surface area contributed by atoms with Gasteiger partial charge in [-0.05, 0) is 19.1 Å². The second-order valence-electron chi connectivity index (χ2n) is 2.61. The topological polar surface area (TPSA) is 46.2 Å². The summed E-state index contributed by atoms with van der Waals surface area (Å²) >= 11 is 3.11. The monoisotopic (exact) mass is 269 g/mol. The molecule has 13 heavy (non-hydrogen) atoms. The SMILES string of the molecule is C[C@@H](N)c1cc(Br)cc(F)c1O.Cl. The lowest BCUT2D eigenvalue weighted by Crippen LogP contribution is -2.05. The number of phenolic OH excluding ortho intramolecular Hbond substituents is 1.